The van der Waals surface area contributed by atoms with Crippen molar-refractivity contribution in [1.29, 1.82) is 0 Å². The Balaban J connectivity index is 2.57. The molecule has 0 fully saturated rings. The SMILES string of the molecule is COc1cccc2c1nc(N)n1ncnc21. The highest BCUT2D eigenvalue weighted by Gasteiger charge is 2.10. The summed E-state index contributed by atoms with van der Waals surface area (Å²) in [6.07, 6.45) is 1.45. The van der Waals surface area contributed by atoms with Crippen molar-refractivity contribution in [2.75, 3.05) is 12.8 Å². The zero-order valence-corrected chi connectivity index (χ0v) is 8.58. The second-order valence-electron chi connectivity index (χ2n) is 3.32. The fourth-order valence-corrected chi connectivity index (χ4v) is 1.74. The van der Waals surface area contributed by atoms with Crippen LogP contribution >= 0.6 is 0 Å². The molecule has 6 heteroatoms. The molecule has 6 nitrogen and oxygen atoms in total. The van der Waals surface area contributed by atoms with Crippen molar-refractivity contribution in [3.05, 3.63) is 24.5 Å². The third kappa shape index (κ3) is 1.04. The second kappa shape index (κ2) is 3.06. The summed E-state index contributed by atoms with van der Waals surface area (Å²) in [7, 11) is 1.60. The molecule has 2 heterocycles. The number of aromatic nitrogens is 4. The fraction of sp³-hybridized carbons (Fsp3) is 0.100. The number of ether oxygens (including phenoxy) is 1. The zero-order chi connectivity index (χ0) is 11.1. The summed E-state index contributed by atoms with van der Waals surface area (Å²) in [5.41, 5.74) is 7.16. The molecule has 0 aliphatic rings. The molecule has 0 aliphatic heterocycles. The second-order valence-corrected chi connectivity index (χ2v) is 3.32. The number of nitrogens with two attached hydrogens (primary N) is 1. The quantitative estimate of drug-likeness (QED) is 0.651. The summed E-state index contributed by atoms with van der Waals surface area (Å²) >= 11 is 0. The molecule has 0 saturated carbocycles. The van der Waals surface area contributed by atoms with E-state index in [0.29, 0.717) is 22.9 Å². The molecule has 0 aliphatic carbocycles. The largest absolute Gasteiger partial charge is 0.494 e. The van der Waals surface area contributed by atoms with E-state index in [1.165, 1.54) is 10.8 Å². The molecule has 0 bridgehead atoms. The number of rotatable bonds is 1. The van der Waals surface area contributed by atoms with Crippen LogP contribution in [0.2, 0.25) is 0 Å². The molecule has 80 valence electrons. The molecular formula is C10H9N5O. The molecule has 0 saturated heterocycles. The van der Waals surface area contributed by atoms with Crippen LogP contribution in [0.5, 0.6) is 5.75 Å². The maximum absolute atomic E-state index is 5.78. The van der Waals surface area contributed by atoms with E-state index in [-0.39, 0.29) is 0 Å². The number of anilines is 1. The number of nitrogens with zero attached hydrogens (tertiary/aromatic N) is 4. The van der Waals surface area contributed by atoms with Crippen molar-refractivity contribution in [1.82, 2.24) is 19.6 Å². The lowest BCUT2D eigenvalue weighted by Crippen LogP contribution is -2.03. The number of methoxy groups -OCH3 is 1. The average Bonchev–Trinajstić information content (AvgIpc) is 2.78. The van der Waals surface area contributed by atoms with Gasteiger partial charge in [-0.2, -0.15) is 9.61 Å². The number of para-hydroxylation sites is 1. The Bertz CT molecular complexity index is 675. The predicted molar refractivity (Wildman–Crippen MR) is 59.3 cm³/mol. The van der Waals surface area contributed by atoms with Crippen LogP contribution < -0.4 is 10.5 Å². The van der Waals surface area contributed by atoms with Crippen LogP contribution in [-0.4, -0.2) is 26.7 Å². The molecule has 0 atom stereocenters. The highest BCUT2D eigenvalue weighted by Crippen LogP contribution is 2.26. The van der Waals surface area contributed by atoms with E-state index in [1.54, 1.807) is 7.11 Å². The Morgan fingerprint density at radius 2 is 2.25 bits per heavy atom. The normalized spacial score (nSPS) is 11.1. The number of nitrogen functional groups attached to an aromatic ring is 1. The summed E-state index contributed by atoms with van der Waals surface area (Å²) < 4.78 is 6.73. The van der Waals surface area contributed by atoms with E-state index in [1.807, 2.05) is 18.2 Å². The van der Waals surface area contributed by atoms with Crippen molar-refractivity contribution in [3.63, 3.8) is 0 Å². The van der Waals surface area contributed by atoms with Gasteiger partial charge < -0.3 is 10.5 Å². The highest BCUT2D eigenvalue weighted by molar-refractivity contribution is 5.95. The summed E-state index contributed by atoms with van der Waals surface area (Å²) in [5.74, 6) is 0.971. The van der Waals surface area contributed by atoms with E-state index in [0.717, 1.165) is 5.39 Å². The maximum atomic E-state index is 5.78. The Kier molecular flexibility index (Phi) is 1.70. The van der Waals surface area contributed by atoms with E-state index in [2.05, 4.69) is 15.1 Å². The van der Waals surface area contributed by atoms with Gasteiger partial charge in [0.2, 0.25) is 5.95 Å². The summed E-state index contributed by atoms with van der Waals surface area (Å²) in [5, 5.41) is 4.87. The molecule has 1 aromatic carbocycles. The first-order chi connectivity index (χ1) is 7.81. The lowest BCUT2D eigenvalue weighted by molar-refractivity contribution is 0.419. The van der Waals surface area contributed by atoms with Gasteiger partial charge in [0.05, 0.1) is 7.11 Å². The van der Waals surface area contributed by atoms with Crippen LogP contribution in [0.3, 0.4) is 0 Å². The van der Waals surface area contributed by atoms with Crippen molar-refractivity contribution >= 4 is 22.5 Å². The Labute approximate surface area is 90.7 Å². The molecule has 3 aromatic rings. The lowest BCUT2D eigenvalue weighted by atomic mass is 10.2. The number of hydrogen-bond donors (Lipinski definition) is 1. The van der Waals surface area contributed by atoms with Gasteiger partial charge in [0.1, 0.15) is 17.6 Å². The number of fused-ring (bicyclic) bond motifs is 3. The van der Waals surface area contributed by atoms with Crippen LogP contribution in [0.15, 0.2) is 24.5 Å². The molecule has 0 spiro atoms. The zero-order valence-electron chi connectivity index (χ0n) is 8.58. The summed E-state index contributed by atoms with van der Waals surface area (Å²) in [4.78, 5) is 8.42. The van der Waals surface area contributed by atoms with Crippen molar-refractivity contribution in [2.24, 2.45) is 0 Å². The van der Waals surface area contributed by atoms with Crippen LogP contribution in [0.4, 0.5) is 5.95 Å². The van der Waals surface area contributed by atoms with Gasteiger partial charge in [-0.05, 0) is 12.1 Å². The van der Waals surface area contributed by atoms with E-state index in [4.69, 9.17) is 10.5 Å². The number of benzene rings is 1. The van der Waals surface area contributed by atoms with E-state index < -0.39 is 0 Å². The molecule has 3 rings (SSSR count). The van der Waals surface area contributed by atoms with Crippen LogP contribution in [0, 0.1) is 0 Å². The minimum atomic E-state index is 0.296. The summed E-state index contributed by atoms with van der Waals surface area (Å²) in [6.45, 7) is 0. The lowest BCUT2D eigenvalue weighted by Gasteiger charge is -2.06. The van der Waals surface area contributed by atoms with E-state index in [9.17, 15) is 0 Å². The molecule has 0 amide bonds. The third-order valence-electron chi connectivity index (χ3n) is 2.45. The Morgan fingerprint density at radius 3 is 3.06 bits per heavy atom. The van der Waals surface area contributed by atoms with Crippen LogP contribution in [-0.2, 0) is 0 Å². The van der Waals surface area contributed by atoms with Gasteiger partial charge in [-0.1, -0.05) is 6.07 Å². The van der Waals surface area contributed by atoms with E-state index >= 15 is 0 Å². The smallest absolute Gasteiger partial charge is 0.223 e. The van der Waals surface area contributed by atoms with Gasteiger partial charge in [0.15, 0.2) is 5.65 Å². The molecule has 0 radical (unpaired) electrons. The molecule has 0 unspecified atom stereocenters. The van der Waals surface area contributed by atoms with Crippen molar-refractivity contribution in [2.45, 2.75) is 0 Å². The third-order valence-corrected chi connectivity index (χ3v) is 2.45. The topological polar surface area (TPSA) is 78.3 Å². The van der Waals surface area contributed by atoms with Gasteiger partial charge >= 0.3 is 0 Å². The van der Waals surface area contributed by atoms with Gasteiger partial charge in [-0.3, -0.25) is 0 Å². The minimum absolute atomic E-state index is 0.296. The predicted octanol–water partition coefficient (Wildman–Crippen LogP) is 0.868. The van der Waals surface area contributed by atoms with Gasteiger partial charge in [-0.25, -0.2) is 9.97 Å². The van der Waals surface area contributed by atoms with Gasteiger partial charge in [-0.15, -0.1) is 0 Å². The van der Waals surface area contributed by atoms with Crippen molar-refractivity contribution < 1.29 is 4.74 Å². The highest BCUT2D eigenvalue weighted by atomic mass is 16.5. The first-order valence-electron chi connectivity index (χ1n) is 4.73. The maximum Gasteiger partial charge on any atom is 0.223 e. The number of hydrogen-bond acceptors (Lipinski definition) is 5. The molecule has 2 N–H and O–H groups in total. The average molecular weight is 215 g/mol. The Morgan fingerprint density at radius 1 is 1.38 bits per heavy atom. The first-order valence-corrected chi connectivity index (χ1v) is 4.73. The van der Waals surface area contributed by atoms with Crippen LogP contribution in [0.1, 0.15) is 0 Å². The first kappa shape index (κ1) is 8.90. The van der Waals surface area contributed by atoms with Crippen molar-refractivity contribution in [3.8, 4) is 5.75 Å². The monoisotopic (exact) mass is 215 g/mol. The Hall–Kier alpha value is -2.37. The van der Waals surface area contributed by atoms with Gasteiger partial charge in [0.25, 0.3) is 0 Å². The molecule has 16 heavy (non-hydrogen) atoms. The summed E-state index contributed by atoms with van der Waals surface area (Å²) in [6, 6.07) is 5.63. The fourth-order valence-electron chi connectivity index (χ4n) is 1.74. The molecule has 2 aromatic heterocycles. The van der Waals surface area contributed by atoms with Crippen LogP contribution in [0.25, 0.3) is 16.6 Å². The standard InChI is InChI=1S/C10H9N5O/c1-16-7-4-2-3-6-8(7)14-10(11)15-9(6)12-5-13-15/h2-5H,1H3,(H2,11,14). The molecular weight excluding hydrogens is 206 g/mol. The minimum Gasteiger partial charge on any atom is -0.494 e. The van der Waals surface area contributed by atoms with Gasteiger partial charge in [0, 0.05) is 5.39 Å².